The van der Waals surface area contributed by atoms with E-state index in [1.165, 1.54) is 10.8 Å². The van der Waals surface area contributed by atoms with E-state index in [0.717, 1.165) is 12.8 Å². The fourth-order valence-electron chi connectivity index (χ4n) is 6.26. The number of likely N-dealkylation sites (N-methyl/N-ethyl adjacent to an activating group) is 1. The zero-order chi connectivity index (χ0) is 27.9. The molecule has 40 heavy (non-hydrogen) atoms. The number of likely N-dealkylation sites (tertiary alicyclic amines) is 1. The summed E-state index contributed by atoms with van der Waals surface area (Å²) in [5, 5.41) is 7.05. The lowest BCUT2D eigenvalue weighted by Crippen LogP contribution is -2.56. The van der Waals surface area contributed by atoms with Crippen LogP contribution in [-0.2, 0) is 11.8 Å². The summed E-state index contributed by atoms with van der Waals surface area (Å²) >= 11 is 6.48. The molecule has 2 N–H and O–H groups in total. The van der Waals surface area contributed by atoms with Gasteiger partial charge in [0.15, 0.2) is 12.4 Å². The molecule has 7 rings (SSSR count). The van der Waals surface area contributed by atoms with E-state index in [0.29, 0.717) is 47.7 Å². The molecule has 4 aliphatic rings. The maximum Gasteiger partial charge on any atom is 0.301 e. The predicted molar refractivity (Wildman–Crippen MR) is 147 cm³/mol. The molecular formula is C27H28ClF2N7O3. The lowest BCUT2D eigenvalue weighted by molar-refractivity contribution is -0.132. The van der Waals surface area contributed by atoms with Crippen LogP contribution in [0.15, 0.2) is 29.2 Å². The van der Waals surface area contributed by atoms with Crippen molar-refractivity contribution in [2.24, 2.45) is 13.0 Å². The molecule has 0 radical (unpaired) electrons. The van der Waals surface area contributed by atoms with Gasteiger partial charge in [0.1, 0.15) is 11.1 Å². The van der Waals surface area contributed by atoms with Crippen molar-refractivity contribution in [2.45, 2.75) is 49.7 Å². The first-order valence-corrected chi connectivity index (χ1v) is 13.8. The number of aromatic nitrogens is 3. The van der Waals surface area contributed by atoms with Gasteiger partial charge in [0.05, 0.1) is 29.5 Å². The first-order valence-electron chi connectivity index (χ1n) is 13.4. The highest BCUT2D eigenvalue weighted by Crippen LogP contribution is 2.46. The fraction of sp³-hybridized carbons (Fsp3) is 0.481. The van der Waals surface area contributed by atoms with Crippen molar-refractivity contribution >= 4 is 51.6 Å². The van der Waals surface area contributed by atoms with Crippen LogP contribution in [0.5, 0.6) is 5.75 Å². The molecule has 5 heterocycles. The number of ether oxygens (including phenoxy) is 1. The van der Waals surface area contributed by atoms with Gasteiger partial charge in [-0.1, -0.05) is 11.6 Å². The molecular weight excluding hydrogens is 544 g/mol. The molecule has 1 aromatic carbocycles. The lowest BCUT2D eigenvalue weighted by atomic mass is 10.0. The number of aryl methyl sites for hydroxylation is 1. The van der Waals surface area contributed by atoms with Gasteiger partial charge in [0, 0.05) is 31.7 Å². The Balaban J connectivity index is 1.27. The number of hydrogen-bond donors (Lipinski definition) is 2. The molecule has 1 amide bonds. The molecule has 3 atom stereocenters. The number of nitrogens with zero attached hydrogens (tertiary/aromatic N) is 5. The van der Waals surface area contributed by atoms with Crippen molar-refractivity contribution in [3.63, 3.8) is 0 Å². The number of halogens is 3. The maximum absolute atomic E-state index is 15.0. The number of alkyl halides is 2. The molecule has 3 fully saturated rings. The molecule has 3 aliphatic heterocycles. The number of fused-ring (bicyclic) bond motifs is 5. The van der Waals surface area contributed by atoms with Gasteiger partial charge in [-0.05, 0) is 49.8 Å². The van der Waals surface area contributed by atoms with Gasteiger partial charge >= 0.3 is 5.92 Å². The van der Waals surface area contributed by atoms with E-state index in [1.54, 1.807) is 30.1 Å². The van der Waals surface area contributed by atoms with E-state index in [-0.39, 0.29) is 40.4 Å². The monoisotopic (exact) mass is 571 g/mol. The van der Waals surface area contributed by atoms with E-state index < -0.39 is 24.1 Å². The van der Waals surface area contributed by atoms with Crippen LogP contribution in [0.4, 0.5) is 31.9 Å². The second kappa shape index (κ2) is 8.92. The van der Waals surface area contributed by atoms with E-state index in [2.05, 4.69) is 20.6 Å². The number of rotatable bonds is 4. The Bertz CT molecular complexity index is 1610. The SMILES string of the molecule is CN1C[C@H]2CC[C@@H](C1=O)N2c1ncc(Cl)c(Nc2ccc3c(c2)c2c(c(=O)n3C)OCC(F)(F)[C@H](C3CC3)N2)n1. The Morgan fingerprint density at radius 1 is 1.18 bits per heavy atom. The highest BCUT2D eigenvalue weighted by Gasteiger charge is 2.51. The van der Waals surface area contributed by atoms with E-state index >= 15 is 0 Å². The minimum atomic E-state index is -3.12. The van der Waals surface area contributed by atoms with Gasteiger partial charge in [0.25, 0.3) is 5.56 Å². The second-order valence-electron chi connectivity index (χ2n) is 11.2. The molecule has 2 bridgehead atoms. The molecule has 10 nitrogen and oxygen atoms in total. The summed E-state index contributed by atoms with van der Waals surface area (Å²) in [5.41, 5.74) is 0.922. The number of carbonyl (C=O) groups is 1. The van der Waals surface area contributed by atoms with Gasteiger partial charge in [-0.25, -0.2) is 13.8 Å². The van der Waals surface area contributed by atoms with E-state index in [1.807, 2.05) is 11.9 Å². The lowest BCUT2D eigenvalue weighted by Gasteiger charge is -2.38. The number of benzene rings is 1. The van der Waals surface area contributed by atoms with Gasteiger partial charge in [-0.15, -0.1) is 0 Å². The Labute approximate surface area is 233 Å². The van der Waals surface area contributed by atoms with Crippen LogP contribution < -0.4 is 25.8 Å². The van der Waals surface area contributed by atoms with Crippen molar-refractivity contribution in [1.29, 1.82) is 0 Å². The number of hydrogen-bond acceptors (Lipinski definition) is 8. The van der Waals surface area contributed by atoms with Crippen LogP contribution in [-0.4, -0.2) is 69.6 Å². The number of amides is 1. The van der Waals surface area contributed by atoms with Crippen LogP contribution in [0.1, 0.15) is 25.7 Å². The van der Waals surface area contributed by atoms with Crippen molar-refractivity contribution in [3.8, 4) is 5.75 Å². The Morgan fingerprint density at radius 2 is 1.98 bits per heavy atom. The topological polar surface area (TPSA) is 105 Å². The number of anilines is 4. The number of piperazine rings is 1. The standard InChI is InChI=1S/C27H28ClF2N7O3/c1-35-11-15-6-8-19(24(35)38)37(15)26-31-10-17(28)23(34-26)32-14-5-7-18-16(9-14)20-21(25(39)36(18)2)40-12-27(29,30)22(33-20)13-3-4-13/h5,7,9-10,13,15,19,22,33H,3-4,6,8,11-12H2,1-2H3,(H,31,32,34)/t15-,19+,22+/m1/s1. The smallest absolute Gasteiger partial charge is 0.301 e. The Hall–Kier alpha value is -3.67. The summed E-state index contributed by atoms with van der Waals surface area (Å²) in [5.74, 6) is -2.61. The Kier molecular flexibility index (Phi) is 5.64. The third kappa shape index (κ3) is 3.94. The summed E-state index contributed by atoms with van der Waals surface area (Å²) in [6.07, 6.45) is 4.52. The average molecular weight is 572 g/mol. The summed E-state index contributed by atoms with van der Waals surface area (Å²) in [6.45, 7) is -0.252. The second-order valence-corrected chi connectivity index (χ2v) is 11.6. The summed E-state index contributed by atoms with van der Waals surface area (Å²) in [6, 6.07) is 3.96. The Morgan fingerprint density at radius 3 is 2.75 bits per heavy atom. The maximum atomic E-state index is 15.0. The largest absolute Gasteiger partial charge is 0.480 e. The van der Waals surface area contributed by atoms with Gasteiger partial charge < -0.3 is 29.7 Å². The molecule has 0 unspecified atom stereocenters. The van der Waals surface area contributed by atoms with Gasteiger partial charge in [-0.3, -0.25) is 9.59 Å². The fourth-order valence-corrected chi connectivity index (χ4v) is 6.40. The van der Waals surface area contributed by atoms with Crippen molar-refractivity contribution in [2.75, 3.05) is 35.7 Å². The molecule has 210 valence electrons. The van der Waals surface area contributed by atoms with Crippen LogP contribution >= 0.6 is 11.6 Å². The summed E-state index contributed by atoms with van der Waals surface area (Å²) in [7, 11) is 3.40. The molecule has 13 heteroatoms. The first-order chi connectivity index (χ1) is 19.1. The molecule has 0 spiro atoms. The minimum absolute atomic E-state index is 0.0486. The molecule has 1 saturated carbocycles. The van der Waals surface area contributed by atoms with Crippen LogP contribution in [0.25, 0.3) is 10.9 Å². The molecule has 2 aromatic heterocycles. The number of pyridine rings is 1. The molecule has 3 aromatic rings. The normalized spacial score (nSPS) is 25.3. The average Bonchev–Trinajstić information content (AvgIpc) is 3.71. The number of nitrogens with one attached hydrogen (secondary N) is 2. The molecule has 1 aliphatic carbocycles. The zero-order valence-corrected chi connectivity index (χ0v) is 22.7. The van der Waals surface area contributed by atoms with Crippen molar-refractivity contribution < 1.29 is 18.3 Å². The molecule has 2 saturated heterocycles. The van der Waals surface area contributed by atoms with Crippen molar-refractivity contribution in [3.05, 3.63) is 39.8 Å². The quantitative estimate of drug-likeness (QED) is 0.488. The highest BCUT2D eigenvalue weighted by atomic mass is 35.5. The van der Waals surface area contributed by atoms with Gasteiger partial charge in [0.2, 0.25) is 17.6 Å². The summed E-state index contributed by atoms with van der Waals surface area (Å²) in [4.78, 5) is 38.6. The third-order valence-electron chi connectivity index (χ3n) is 8.48. The van der Waals surface area contributed by atoms with Crippen molar-refractivity contribution in [1.82, 2.24) is 19.4 Å². The first kappa shape index (κ1) is 25.3. The zero-order valence-electron chi connectivity index (χ0n) is 22.0. The minimum Gasteiger partial charge on any atom is -0.480 e. The van der Waals surface area contributed by atoms with Crippen LogP contribution in [0.2, 0.25) is 5.02 Å². The van der Waals surface area contributed by atoms with E-state index in [4.69, 9.17) is 16.3 Å². The third-order valence-corrected chi connectivity index (χ3v) is 8.76. The predicted octanol–water partition coefficient (Wildman–Crippen LogP) is 3.75. The van der Waals surface area contributed by atoms with Gasteiger partial charge in [-0.2, -0.15) is 4.98 Å². The van der Waals surface area contributed by atoms with Crippen LogP contribution in [0, 0.1) is 5.92 Å². The summed E-state index contributed by atoms with van der Waals surface area (Å²) < 4.78 is 36.8. The number of carbonyl (C=O) groups excluding carboxylic acids is 1. The van der Waals surface area contributed by atoms with Crippen LogP contribution in [0.3, 0.4) is 0 Å². The highest BCUT2D eigenvalue weighted by molar-refractivity contribution is 6.33. The van der Waals surface area contributed by atoms with E-state index in [9.17, 15) is 18.4 Å².